The van der Waals surface area contributed by atoms with Crippen molar-refractivity contribution in [3.8, 4) is 17.6 Å². The molecule has 0 saturated carbocycles. The molecule has 0 aliphatic heterocycles. The number of allylic oxidation sites excluding steroid dienone is 2. The second-order valence-corrected chi connectivity index (χ2v) is 7.73. The van der Waals surface area contributed by atoms with Crippen molar-refractivity contribution in [1.82, 2.24) is 10.3 Å². The number of nitrogens with zero attached hydrogens (tertiary/aromatic N) is 3. The second kappa shape index (κ2) is 20.3. The zero-order valence-electron chi connectivity index (χ0n) is 23.4. The molecule has 2 rings (SSSR count). The number of carboxylic acid groups (broad SMARTS) is 1. The van der Waals surface area contributed by atoms with Crippen LogP contribution in [0.15, 0.2) is 71.7 Å². The van der Waals surface area contributed by atoms with E-state index in [1.807, 2.05) is 37.3 Å². The van der Waals surface area contributed by atoms with Gasteiger partial charge in [-0.15, -0.1) is 0 Å². The number of rotatable bonds is 11. The van der Waals surface area contributed by atoms with Gasteiger partial charge < -0.3 is 42.4 Å². The van der Waals surface area contributed by atoms with E-state index in [0.717, 1.165) is 24.5 Å². The van der Waals surface area contributed by atoms with E-state index in [-0.39, 0.29) is 12.4 Å². The molecule has 41 heavy (non-hydrogen) atoms. The third-order valence-corrected chi connectivity index (χ3v) is 4.67. The first-order valence-corrected chi connectivity index (χ1v) is 11.9. The quantitative estimate of drug-likeness (QED) is 0.0680. The summed E-state index contributed by atoms with van der Waals surface area (Å²) in [6.07, 6.45) is 5.78. The van der Waals surface area contributed by atoms with Gasteiger partial charge in [0.2, 0.25) is 6.41 Å². The number of benzene rings is 2. The van der Waals surface area contributed by atoms with Crippen molar-refractivity contribution in [1.29, 1.82) is 10.7 Å². The molecule has 0 spiro atoms. The molecular weight excluding hydrogens is 530 g/mol. The Labute approximate surface area is 239 Å². The zero-order chi connectivity index (χ0) is 31.2. The SMILES string of the molecule is CC(=O)O.COc1cc(C(Nc2ccc(C)cc2)/C(=N/N(C)/C(N)=C/C=C\N)NC=O)ccc1OCC#N.N=CN. The number of nitrogens with two attached hydrogens (primary N) is 3. The van der Waals surface area contributed by atoms with E-state index in [4.69, 9.17) is 41.5 Å². The highest BCUT2D eigenvalue weighted by atomic mass is 16.5. The van der Waals surface area contributed by atoms with E-state index in [9.17, 15) is 4.79 Å². The Kier molecular flexibility index (Phi) is 17.5. The summed E-state index contributed by atoms with van der Waals surface area (Å²) in [5.41, 5.74) is 18.4. The highest BCUT2D eigenvalue weighted by Gasteiger charge is 2.22. The van der Waals surface area contributed by atoms with Gasteiger partial charge in [0.1, 0.15) is 17.9 Å². The Morgan fingerprint density at radius 3 is 2.37 bits per heavy atom. The van der Waals surface area contributed by atoms with Crippen molar-refractivity contribution in [2.24, 2.45) is 22.3 Å². The first kappa shape index (κ1) is 35.3. The number of ether oxygens (including phenoxy) is 2. The molecule has 0 bridgehead atoms. The summed E-state index contributed by atoms with van der Waals surface area (Å²) in [5.74, 6) is 0.592. The lowest BCUT2D eigenvalue weighted by Gasteiger charge is -2.25. The molecule has 2 aromatic carbocycles. The van der Waals surface area contributed by atoms with Crippen LogP contribution in [-0.2, 0) is 9.59 Å². The number of amidine groups is 1. The van der Waals surface area contributed by atoms with Crippen LogP contribution in [0.4, 0.5) is 5.69 Å². The first-order valence-electron chi connectivity index (χ1n) is 11.9. The van der Waals surface area contributed by atoms with Crippen molar-refractivity contribution < 1.29 is 24.2 Å². The molecule has 2 aromatic rings. The van der Waals surface area contributed by atoms with Crippen molar-refractivity contribution in [3.05, 3.63) is 77.8 Å². The fraction of sp³-hybridized carbons (Fsp3) is 0.222. The van der Waals surface area contributed by atoms with Gasteiger partial charge in [-0.05, 0) is 55.1 Å². The molecule has 0 aliphatic rings. The number of amides is 1. The van der Waals surface area contributed by atoms with Gasteiger partial charge in [0.15, 0.2) is 23.9 Å². The molecule has 0 saturated heterocycles. The van der Waals surface area contributed by atoms with Crippen LogP contribution in [0.5, 0.6) is 11.5 Å². The highest BCUT2D eigenvalue weighted by molar-refractivity contribution is 5.97. The standard InChI is InChI=1S/C24H29N7O3.C2H4O2.CH4N2/c1-17-6-9-19(10-7-17)29-23(18-8-11-20(34-14-13-26)21(15-18)33-3)24(28-16-32)30-31(2)22(27)5-4-12-25;1-2(3)4;2-1-3/h4-12,15-16,23,29H,14,25,27H2,1-3H3,(H,28,30,32);1H3,(H,3,4);1H,(H3,2,3)/b12-4-,22-5+;;. The van der Waals surface area contributed by atoms with E-state index in [2.05, 4.69) is 21.5 Å². The topological polar surface area (TPSA) is 238 Å². The van der Waals surface area contributed by atoms with Crippen LogP contribution >= 0.6 is 0 Å². The number of hydrogen-bond donors (Lipinski definition) is 7. The van der Waals surface area contributed by atoms with Gasteiger partial charge in [0.25, 0.3) is 5.97 Å². The van der Waals surface area contributed by atoms with Gasteiger partial charge in [-0.1, -0.05) is 23.8 Å². The van der Waals surface area contributed by atoms with Crippen LogP contribution in [0.1, 0.15) is 24.1 Å². The number of methoxy groups -OCH3 is 1. The van der Waals surface area contributed by atoms with Crippen LogP contribution in [0.2, 0.25) is 0 Å². The lowest BCUT2D eigenvalue weighted by Crippen LogP contribution is -2.35. The molecule has 0 aliphatic carbocycles. The number of aryl methyl sites for hydroxylation is 1. The Hall–Kier alpha value is -5.71. The maximum Gasteiger partial charge on any atom is 0.300 e. The van der Waals surface area contributed by atoms with Crippen LogP contribution in [0, 0.1) is 23.7 Å². The Morgan fingerprint density at radius 1 is 1.24 bits per heavy atom. The maximum atomic E-state index is 11.5. The molecule has 0 heterocycles. The molecule has 0 radical (unpaired) electrons. The van der Waals surface area contributed by atoms with Crippen molar-refractivity contribution in [2.75, 3.05) is 26.1 Å². The molecule has 220 valence electrons. The fourth-order valence-electron chi connectivity index (χ4n) is 2.93. The van der Waals surface area contributed by atoms with Gasteiger partial charge in [-0.3, -0.25) is 20.0 Å². The predicted molar refractivity (Wildman–Crippen MR) is 158 cm³/mol. The minimum Gasteiger partial charge on any atom is -0.493 e. The zero-order valence-corrected chi connectivity index (χ0v) is 23.4. The van der Waals surface area contributed by atoms with E-state index in [0.29, 0.717) is 29.3 Å². The van der Waals surface area contributed by atoms with Crippen LogP contribution in [0.25, 0.3) is 0 Å². The number of hydrogen-bond acceptors (Lipinski definition) is 11. The van der Waals surface area contributed by atoms with Crippen molar-refractivity contribution in [3.63, 3.8) is 0 Å². The van der Waals surface area contributed by atoms with Gasteiger partial charge in [0, 0.05) is 19.7 Å². The molecule has 1 atom stereocenters. The van der Waals surface area contributed by atoms with E-state index in [1.165, 1.54) is 18.3 Å². The average Bonchev–Trinajstić information content (AvgIpc) is 2.94. The number of nitrogens with one attached hydrogen (secondary N) is 3. The Morgan fingerprint density at radius 2 is 1.85 bits per heavy atom. The number of carbonyl (C=O) groups excluding carboxylic acids is 1. The molecule has 0 fully saturated rings. The smallest absolute Gasteiger partial charge is 0.300 e. The monoisotopic (exact) mass is 567 g/mol. The molecule has 10 N–H and O–H groups in total. The lowest BCUT2D eigenvalue weighted by molar-refractivity contribution is -0.134. The predicted octanol–water partition coefficient (Wildman–Crippen LogP) is 1.97. The number of carboxylic acids is 1. The fourth-order valence-corrected chi connectivity index (χ4v) is 2.93. The Bertz CT molecular complexity index is 1230. The average molecular weight is 568 g/mol. The number of anilines is 1. The van der Waals surface area contributed by atoms with Gasteiger partial charge in [-0.2, -0.15) is 10.4 Å². The second-order valence-electron chi connectivity index (χ2n) is 7.73. The normalized spacial score (nSPS) is 11.3. The summed E-state index contributed by atoms with van der Waals surface area (Å²) in [7, 11) is 3.15. The molecule has 1 unspecified atom stereocenters. The van der Waals surface area contributed by atoms with Crippen LogP contribution < -0.4 is 37.3 Å². The maximum absolute atomic E-state index is 11.5. The summed E-state index contributed by atoms with van der Waals surface area (Å²) in [6.45, 7) is 2.96. The number of aliphatic carboxylic acids is 1. The third-order valence-electron chi connectivity index (χ3n) is 4.67. The van der Waals surface area contributed by atoms with Crippen molar-refractivity contribution >= 4 is 30.2 Å². The van der Waals surface area contributed by atoms with Crippen LogP contribution in [0.3, 0.4) is 0 Å². The van der Waals surface area contributed by atoms with E-state index >= 15 is 0 Å². The number of nitriles is 1. The number of hydrazone groups is 1. The largest absolute Gasteiger partial charge is 0.493 e. The van der Waals surface area contributed by atoms with E-state index < -0.39 is 12.0 Å². The minimum absolute atomic E-state index is 0.117. The van der Waals surface area contributed by atoms with Crippen LogP contribution in [-0.4, -0.2) is 55.4 Å². The van der Waals surface area contributed by atoms with Gasteiger partial charge >= 0.3 is 0 Å². The molecule has 14 nitrogen and oxygen atoms in total. The van der Waals surface area contributed by atoms with Gasteiger partial charge in [-0.25, -0.2) is 0 Å². The Balaban J connectivity index is 0.00000205. The summed E-state index contributed by atoms with van der Waals surface area (Å²) in [5, 5.41) is 34.1. The molecule has 14 heteroatoms. The lowest BCUT2D eigenvalue weighted by atomic mass is 10.0. The highest BCUT2D eigenvalue weighted by Crippen LogP contribution is 2.32. The first-order chi connectivity index (χ1) is 19.6. The molecule has 1 amide bonds. The van der Waals surface area contributed by atoms with E-state index in [1.54, 1.807) is 37.4 Å². The summed E-state index contributed by atoms with van der Waals surface area (Å²) in [6, 6.07) is 14.3. The summed E-state index contributed by atoms with van der Waals surface area (Å²) < 4.78 is 10.9. The molecule has 0 aromatic heterocycles. The van der Waals surface area contributed by atoms with Crippen molar-refractivity contribution in [2.45, 2.75) is 19.9 Å². The summed E-state index contributed by atoms with van der Waals surface area (Å²) in [4.78, 5) is 20.5. The summed E-state index contributed by atoms with van der Waals surface area (Å²) >= 11 is 0. The third kappa shape index (κ3) is 14.1. The number of carbonyl (C=O) groups is 2. The molecular formula is C27H37N9O5. The van der Waals surface area contributed by atoms with Gasteiger partial charge in [0.05, 0.1) is 13.4 Å². The minimum atomic E-state index is -0.833.